The SMILES string of the molecule is CCC(Br)C(=O)NCc1ccncn1. The van der Waals surface area contributed by atoms with Crippen LogP contribution >= 0.6 is 15.9 Å². The highest BCUT2D eigenvalue weighted by molar-refractivity contribution is 9.10. The summed E-state index contributed by atoms with van der Waals surface area (Å²) in [5.74, 6) is -0.00823. The first-order chi connectivity index (χ1) is 6.74. The maximum Gasteiger partial charge on any atom is 0.234 e. The third kappa shape index (κ3) is 3.41. The minimum Gasteiger partial charge on any atom is -0.349 e. The molecule has 1 aromatic heterocycles. The van der Waals surface area contributed by atoms with Crippen molar-refractivity contribution >= 4 is 21.8 Å². The van der Waals surface area contributed by atoms with Crippen LogP contribution in [0.4, 0.5) is 0 Å². The maximum atomic E-state index is 11.3. The van der Waals surface area contributed by atoms with Gasteiger partial charge in [0.25, 0.3) is 0 Å². The standard InChI is InChI=1S/C9H12BrN3O/c1-2-8(10)9(14)12-5-7-3-4-11-6-13-7/h3-4,6,8H,2,5H2,1H3,(H,12,14). The number of halogens is 1. The fraction of sp³-hybridized carbons (Fsp3) is 0.444. The first-order valence-electron chi connectivity index (χ1n) is 4.40. The molecular formula is C9H12BrN3O. The van der Waals surface area contributed by atoms with Crippen molar-refractivity contribution in [2.24, 2.45) is 0 Å². The summed E-state index contributed by atoms with van der Waals surface area (Å²) in [6.45, 7) is 2.40. The lowest BCUT2D eigenvalue weighted by Crippen LogP contribution is -2.30. The number of nitrogens with one attached hydrogen (secondary N) is 1. The molecule has 4 nitrogen and oxygen atoms in total. The Morgan fingerprint density at radius 2 is 2.50 bits per heavy atom. The third-order valence-electron chi connectivity index (χ3n) is 1.73. The Bertz CT molecular complexity index is 291. The smallest absolute Gasteiger partial charge is 0.234 e. The van der Waals surface area contributed by atoms with Gasteiger partial charge < -0.3 is 5.32 Å². The Labute approximate surface area is 91.3 Å². The fourth-order valence-corrected chi connectivity index (χ4v) is 1.06. The number of nitrogens with zero attached hydrogens (tertiary/aromatic N) is 2. The second-order valence-corrected chi connectivity index (χ2v) is 3.90. The lowest BCUT2D eigenvalue weighted by atomic mass is 10.3. The van der Waals surface area contributed by atoms with E-state index in [1.807, 2.05) is 6.92 Å². The number of rotatable bonds is 4. The molecule has 0 spiro atoms. The van der Waals surface area contributed by atoms with Gasteiger partial charge in [-0.2, -0.15) is 0 Å². The van der Waals surface area contributed by atoms with Crippen molar-refractivity contribution in [3.8, 4) is 0 Å². The molecule has 1 atom stereocenters. The highest BCUT2D eigenvalue weighted by Crippen LogP contribution is 2.04. The molecule has 0 aliphatic carbocycles. The summed E-state index contributed by atoms with van der Waals surface area (Å²) < 4.78 is 0. The summed E-state index contributed by atoms with van der Waals surface area (Å²) in [7, 11) is 0. The van der Waals surface area contributed by atoms with Gasteiger partial charge in [0, 0.05) is 6.20 Å². The maximum absolute atomic E-state index is 11.3. The van der Waals surface area contributed by atoms with Gasteiger partial charge >= 0.3 is 0 Å². The predicted octanol–water partition coefficient (Wildman–Crippen LogP) is 1.27. The van der Waals surface area contributed by atoms with E-state index in [2.05, 4.69) is 31.2 Å². The fourth-order valence-electron chi connectivity index (χ4n) is 0.896. The van der Waals surface area contributed by atoms with Gasteiger partial charge in [-0.3, -0.25) is 4.79 Å². The number of amides is 1. The Hall–Kier alpha value is -0.970. The molecule has 1 N–H and O–H groups in total. The minimum atomic E-state index is -0.121. The van der Waals surface area contributed by atoms with E-state index in [0.29, 0.717) is 6.54 Å². The second-order valence-electron chi connectivity index (χ2n) is 2.79. The third-order valence-corrected chi connectivity index (χ3v) is 2.79. The number of hydrogen-bond donors (Lipinski definition) is 1. The predicted molar refractivity (Wildman–Crippen MR) is 56.9 cm³/mol. The molecule has 1 amide bonds. The second kappa shape index (κ2) is 5.70. The first kappa shape index (κ1) is 11.1. The summed E-state index contributed by atoms with van der Waals surface area (Å²) in [5.41, 5.74) is 0.809. The van der Waals surface area contributed by atoms with Crippen molar-refractivity contribution in [3.63, 3.8) is 0 Å². The molecule has 1 rings (SSSR count). The molecular weight excluding hydrogens is 246 g/mol. The zero-order valence-corrected chi connectivity index (χ0v) is 9.49. The zero-order valence-electron chi connectivity index (χ0n) is 7.90. The van der Waals surface area contributed by atoms with Crippen molar-refractivity contribution in [1.29, 1.82) is 0 Å². The minimum absolute atomic E-state index is 0.00823. The van der Waals surface area contributed by atoms with E-state index in [1.165, 1.54) is 6.33 Å². The van der Waals surface area contributed by atoms with Crippen LogP contribution in [0.2, 0.25) is 0 Å². The average molecular weight is 258 g/mol. The molecule has 0 aliphatic rings. The van der Waals surface area contributed by atoms with Gasteiger partial charge in [0.2, 0.25) is 5.91 Å². The van der Waals surface area contributed by atoms with Crippen molar-refractivity contribution in [3.05, 3.63) is 24.3 Å². The van der Waals surface area contributed by atoms with Gasteiger partial charge in [0.05, 0.1) is 17.1 Å². The average Bonchev–Trinajstić information content (AvgIpc) is 2.26. The Morgan fingerprint density at radius 3 is 3.07 bits per heavy atom. The normalized spacial score (nSPS) is 12.1. The van der Waals surface area contributed by atoms with Crippen LogP contribution in [0.25, 0.3) is 0 Å². The Balaban J connectivity index is 2.38. The van der Waals surface area contributed by atoms with E-state index in [0.717, 1.165) is 12.1 Å². The van der Waals surface area contributed by atoms with E-state index in [-0.39, 0.29) is 10.7 Å². The summed E-state index contributed by atoms with van der Waals surface area (Å²) >= 11 is 3.27. The molecule has 0 radical (unpaired) electrons. The van der Waals surface area contributed by atoms with Crippen LogP contribution < -0.4 is 5.32 Å². The highest BCUT2D eigenvalue weighted by Gasteiger charge is 2.11. The largest absolute Gasteiger partial charge is 0.349 e. The van der Waals surface area contributed by atoms with E-state index >= 15 is 0 Å². The van der Waals surface area contributed by atoms with Gasteiger partial charge in [-0.05, 0) is 12.5 Å². The molecule has 1 aromatic rings. The van der Waals surface area contributed by atoms with Crippen molar-refractivity contribution in [1.82, 2.24) is 15.3 Å². The zero-order chi connectivity index (χ0) is 10.4. The summed E-state index contributed by atoms with van der Waals surface area (Å²) in [4.78, 5) is 19.0. The van der Waals surface area contributed by atoms with E-state index < -0.39 is 0 Å². The van der Waals surface area contributed by atoms with Crippen LogP contribution in [0, 0.1) is 0 Å². The molecule has 1 unspecified atom stereocenters. The lowest BCUT2D eigenvalue weighted by Gasteiger charge is -2.07. The molecule has 5 heteroatoms. The van der Waals surface area contributed by atoms with Crippen molar-refractivity contribution in [2.45, 2.75) is 24.7 Å². The molecule has 1 heterocycles. The van der Waals surface area contributed by atoms with Crippen LogP contribution in [0.1, 0.15) is 19.0 Å². The van der Waals surface area contributed by atoms with Gasteiger partial charge in [-0.15, -0.1) is 0 Å². The molecule has 14 heavy (non-hydrogen) atoms. The van der Waals surface area contributed by atoms with Crippen LogP contribution in [0.5, 0.6) is 0 Å². The summed E-state index contributed by atoms with van der Waals surface area (Å²) in [5, 5.41) is 2.77. The number of alkyl halides is 1. The first-order valence-corrected chi connectivity index (χ1v) is 5.32. The van der Waals surface area contributed by atoms with Crippen LogP contribution in [-0.2, 0) is 11.3 Å². The van der Waals surface area contributed by atoms with E-state index in [9.17, 15) is 4.79 Å². The summed E-state index contributed by atoms with van der Waals surface area (Å²) in [6.07, 6.45) is 3.89. The molecule has 0 saturated heterocycles. The van der Waals surface area contributed by atoms with E-state index in [1.54, 1.807) is 12.3 Å². The molecule has 0 bridgehead atoms. The Morgan fingerprint density at radius 1 is 1.71 bits per heavy atom. The van der Waals surface area contributed by atoms with Crippen molar-refractivity contribution in [2.75, 3.05) is 0 Å². The molecule has 0 saturated carbocycles. The van der Waals surface area contributed by atoms with Crippen molar-refractivity contribution < 1.29 is 4.79 Å². The topological polar surface area (TPSA) is 54.9 Å². The molecule has 0 fully saturated rings. The highest BCUT2D eigenvalue weighted by atomic mass is 79.9. The van der Waals surface area contributed by atoms with Crippen LogP contribution in [-0.4, -0.2) is 20.7 Å². The summed E-state index contributed by atoms with van der Waals surface area (Å²) in [6, 6.07) is 1.77. The Kier molecular flexibility index (Phi) is 4.52. The number of carbonyl (C=O) groups is 1. The number of aromatic nitrogens is 2. The molecule has 0 aromatic carbocycles. The molecule has 76 valence electrons. The van der Waals surface area contributed by atoms with Gasteiger partial charge in [0.15, 0.2) is 0 Å². The van der Waals surface area contributed by atoms with Gasteiger partial charge in [0.1, 0.15) is 6.33 Å². The number of carbonyl (C=O) groups excluding carboxylic acids is 1. The van der Waals surface area contributed by atoms with Gasteiger partial charge in [-0.25, -0.2) is 9.97 Å². The molecule has 0 aliphatic heterocycles. The van der Waals surface area contributed by atoms with Crippen LogP contribution in [0.15, 0.2) is 18.6 Å². The van der Waals surface area contributed by atoms with E-state index in [4.69, 9.17) is 0 Å². The number of hydrogen-bond acceptors (Lipinski definition) is 3. The van der Waals surface area contributed by atoms with Gasteiger partial charge in [-0.1, -0.05) is 22.9 Å². The lowest BCUT2D eigenvalue weighted by molar-refractivity contribution is -0.120. The van der Waals surface area contributed by atoms with Crippen LogP contribution in [0.3, 0.4) is 0 Å². The monoisotopic (exact) mass is 257 g/mol. The quantitative estimate of drug-likeness (QED) is 0.827.